The van der Waals surface area contributed by atoms with Crippen molar-refractivity contribution >= 4 is 17.7 Å². The van der Waals surface area contributed by atoms with Gasteiger partial charge in [0, 0.05) is 19.2 Å². The summed E-state index contributed by atoms with van der Waals surface area (Å²) in [5, 5.41) is 2.81. The predicted octanol–water partition coefficient (Wildman–Crippen LogP) is 0.878. The lowest BCUT2D eigenvalue weighted by molar-refractivity contribution is 0.403. The maximum Gasteiger partial charge on any atom is 0.221 e. The fourth-order valence-electron chi connectivity index (χ4n) is 1.36. The molecule has 0 bridgehead atoms. The summed E-state index contributed by atoms with van der Waals surface area (Å²) < 4.78 is 10.2. The van der Waals surface area contributed by atoms with Gasteiger partial charge in [0.25, 0.3) is 0 Å². The van der Waals surface area contributed by atoms with E-state index in [2.05, 4.69) is 10.3 Å². The van der Waals surface area contributed by atoms with Crippen LogP contribution < -0.4 is 10.2 Å². The van der Waals surface area contributed by atoms with E-state index in [1.54, 1.807) is 42.4 Å². The van der Waals surface area contributed by atoms with Gasteiger partial charge in [-0.25, -0.2) is 4.79 Å². The van der Waals surface area contributed by atoms with E-state index in [1.165, 1.54) is 7.11 Å². The lowest BCUT2D eigenvalue weighted by Gasteiger charge is -2.23. The summed E-state index contributed by atoms with van der Waals surface area (Å²) in [4.78, 5) is 16.2. The van der Waals surface area contributed by atoms with Crippen molar-refractivity contribution in [2.24, 2.45) is 4.99 Å². The number of furan rings is 1. The Hall–Kier alpha value is -2.46. The van der Waals surface area contributed by atoms with Crippen molar-refractivity contribution in [3.05, 3.63) is 36.1 Å². The van der Waals surface area contributed by atoms with Crippen molar-refractivity contribution in [3.8, 4) is 0 Å². The molecule has 0 amide bonds. The quantitative estimate of drug-likeness (QED) is 0.768. The van der Waals surface area contributed by atoms with E-state index in [-0.39, 0.29) is 5.82 Å². The van der Waals surface area contributed by atoms with Crippen molar-refractivity contribution < 1.29 is 13.9 Å². The summed E-state index contributed by atoms with van der Waals surface area (Å²) in [6, 6.07) is 3.57. The third-order valence-corrected chi connectivity index (χ3v) is 2.23. The van der Waals surface area contributed by atoms with Crippen LogP contribution in [0.5, 0.6) is 0 Å². The minimum absolute atomic E-state index is 0.0674. The van der Waals surface area contributed by atoms with Gasteiger partial charge in [-0.2, -0.15) is 4.99 Å². The van der Waals surface area contributed by atoms with Crippen molar-refractivity contribution in [1.29, 1.82) is 0 Å². The zero-order valence-corrected chi connectivity index (χ0v) is 9.43. The molecule has 0 unspecified atom stereocenters. The first-order valence-electron chi connectivity index (χ1n) is 4.88. The van der Waals surface area contributed by atoms with Gasteiger partial charge in [0.15, 0.2) is 11.8 Å². The van der Waals surface area contributed by atoms with E-state index in [9.17, 15) is 4.79 Å². The normalized spacial score (nSPS) is 14.4. The second-order valence-electron chi connectivity index (χ2n) is 3.27. The second kappa shape index (κ2) is 4.59. The van der Waals surface area contributed by atoms with Gasteiger partial charge in [-0.05, 0) is 6.07 Å². The number of aliphatic imine (C=N–C) groups is 1. The van der Waals surface area contributed by atoms with Crippen LogP contribution in [0.15, 0.2) is 45.5 Å². The molecule has 2 heterocycles. The minimum Gasteiger partial charge on any atom is -0.481 e. The molecule has 0 aliphatic carbocycles. The van der Waals surface area contributed by atoms with E-state index in [0.29, 0.717) is 17.6 Å². The molecule has 0 atom stereocenters. The summed E-state index contributed by atoms with van der Waals surface area (Å²) in [5.41, 5.74) is 0. The molecule has 1 aromatic heterocycles. The molecule has 6 nitrogen and oxygen atoms in total. The molecule has 2 rings (SSSR count). The second-order valence-corrected chi connectivity index (χ2v) is 3.27. The number of ether oxygens (including phenoxy) is 1. The first kappa shape index (κ1) is 11.0. The van der Waals surface area contributed by atoms with Crippen LogP contribution >= 0.6 is 0 Å². The van der Waals surface area contributed by atoms with E-state index in [4.69, 9.17) is 9.15 Å². The van der Waals surface area contributed by atoms with Gasteiger partial charge in [-0.1, -0.05) is 0 Å². The first-order valence-corrected chi connectivity index (χ1v) is 4.88. The monoisotopic (exact) mass is 233 g/mol. The van der Waals surface area contributed by atoms with Gasteiger partial charge in [0.2, 0.25) is 11.7 Å². The van der Waals surface area contributed by atoms with Crippen molar-refractivity contribution in [3.63, 3.8) is 0 Å². The fourth-order valence-corrected chi connectivity index (χ4v) is 1.36. The van der Waals surface area contributed by atoms with Gasteiger partial charge in [0.1, 0.15) is 5.82 Å². The average molecular weight is 233 g/mol. The van der Waals surface area contributed by atoms with Gasteiger partial charge in [0.05, 0.1) is 13.4 Å². The van der Waals surface area contributed by atoms with Crippen LogP contribution in [-0.4, -0.2) is 26.0 Å². The topological polar surface area (TPSA) is 67.1 Å². The Kier molecular flexibility index (Phi) is 2.98. The van der Waals surface area contributed by atoms with Crippen LogP contribution in [0.4, 0.5) is 5.88 Å². The highest BCUT2D eigenvalue weighted by atomic mass is 16.5. The van der Waals surface area contributed by atoms with Gasteiger partial charge in [-0.3, -0.25) is 0 Å². The van der Waals surface area contributed by atoms with Crippen molar-refractivity contribution in [2.45, 2.75) is 0 Å². The number of hydrogen-bond donors (Lipinski definition) is 1. The highest BCUT2D eigenvalue weighted by Crippen LogP contribution is 2.18. The maximum absolute atomic E-state index is 10.6. The Morgan fingerprint density at radius 1 is 1.59 bits per heavy atom. The number of carbonyl (C=O) groups excluding carboxylic acids is 1. The Balaban J connectivity index is 2.30. The molecular formula is C11H11N3O3. The summed E-state index contributed by atoms with van der Waals surface area (Å²) in [5.74, 6) is 3.33. The molecule has 0 saturated carbocycles. The van der Waals surface area contributed by atoms with Crippen LogP contribution in [0, 0.1) is 0 Å². The number of rotatable bonds is 2. The fraction of sp³-hybridized carbons (Fsp3) is 0.182. The molecular weight excluding hydrogens is 222 g/mol. The standard InChI is InChI=1S/C11H11N3O3/c1-14(11-4-3-5-17-11)9-6-10(16-2)13-8(7-15)12-9/h3-6,12H,1-2H3. The van der Waals surface area contributed by atoms with E-state index in [0.717, 1.165) is 0 Å². The third kappa shape index (κ3) is 2.21. The smallest absolute Gasteiger partial charge is 0.221 e. The zero-order chi connectivity index (χ0) is 12.3. The minimum atomic E-state index is 0.0674. The largest absolute Gasteiger partial charge is 0.481 e. The number of hydrogen-bond acceptors (Lipinski definition) is 6. The molecule has 0 saturated heterocycles. The molecule has 1 aliphatic heterocycles. The lowest BCUT2D eigenvalue weighted by Crippen LogP contribution is -2.31. The summed E-state index contributed by atoms with van der Waals surface area (Å²) in [7, 11) is 3.27. The van der Waals surface area contributed by atoms with Gasteiger partial charge < -0.3 is 19.4 Å². The van der Waals surface area contributed by atoms with Gasteiger partial charge in [-0.15, -0.1) is 0 Å². The molecule has 0 aromatic carbocycles. The van der Waals surface area contributed by atoms with Crippen LogP contribution in [0.2, 0.25) is 0 Å². The molecule has 1 aliphatic rings. The third-order valence-electron chi connectivity index (χ3n) is 2.23. The number of nitrogens with one attached hydrogen (secondary N) is 1. The lowest BCUT2D eigenvalue weighted by atomic mass is 10.4. The SMILES string of the molecule is COC1=NC(=C=O)NC(N(C)c2ccco2)=C1. The Morgan fingerprint density at radius 2 is 2.41 bits per heavy atom. The van der Waals surface area contributed by atoms with Crippen molar-refractivity contribution in [2.75, 3.05) is 19.1 Å². The maximum atomic E-state index is 10.6. The number of methoxy groups -OCH3 is 1. The van der Waals surface area contributed by atoms with E-state index < -0.39 is 0 Å². The molecule has 0 fully saturated rings. The Labute approximate surface area is 97.9 Å². The van der Waals surface area contributed by atoms with E-state index in [1.807, 2.05) is 0 Å². The van der Waals surface area contributed by atoms with Crippen LogP contribution in [0.3, 0.4) is 0 Å². The number of anilines is 1. The highest BCUT2D eigenvalue weighted by molar-refractivity contribution is 5.91. The summed E-state index contributed by atoms with van der Waals surface area (Å²) in [6.45, 7) is 0. The molecule has 17 heavy (non-hydrogen) atoms. The Bertz CT molecular complexity index is 510. The number of nitrogens with zero attached hydrogens (tertiary/aromatic N) is 2. The van der Waals surface area contributed by atoms with Crippen LogP contribution in [-0.2, 0) is 9.53 Å². The summed E-state index contributed by atoms with van der Waals surface area (Å²) in [6.07, 6.45) is 3.22. The molecule has 1 N–H and O–H groups in total. The zero-order valence-electron chi connectivity index (χ0n) is 9.43. The molecule has 0 radical (unpaired) electrons. The average Bonchev–Trinajstić information content (AvgIpc) is 2.91. The Morgan fingerprint density at radius 3 is 3.00 bits per heavy atom. The molecule has 88 valence electrons. The van der Waals surface area contributed by atoms with Crippen molar-refractivity contribution in [1.82, 2.24) is 5.32 Å². The predicted molar refractivity (Wildman–Crippen MR) is 62.0 cm³/mol. The molecule has 1 aromatic rings. The first-order chi connectivity index (χ1) is 8.24. The summed E-state index contributed by atoms with van der Waals surface area (Å²) >= 11 is 0. The van der Waals surface area contributed by atoms with Crippen LogP contribution in [0.25, 0.3) is 0 Å². The highest BCUT2D eigenvalue weighted by Gasteiger charge is 2.17. The molecule has 0 spiro atoms. The molecule has 6 heteroatoms. The van der Waals surface area contributed by atoms with Gasteiger partial charge >= 0.3 is 0 Å². The van der Waals surface area contributed by atoms with E-state index >= 15 is 0 Å². The van der Waals surface area contributed by atoms with Crippen LogP contribution in [0.1, 0.15) is 0 Å².